The SMILES string of the molecule is Cc1nc2n(n1)CCN(C(=O)c1cscn1)C2. The molecular formula is C10H11N5OS. The lowest BCUT2D eigenvalue weighted by Crippen LogP contribution is -2.38. The van der Waals surface area contributed by atoms with Gasteiger partial charge in [0.15, 0.2) is 0 Å². The summed E-state index contributed by atoms with van der Waals surface area (Å²) in [5, 5.41) is 6.03. The van der Waals surface area contributed by atoms with Gasteiger partial charge < -0.3 is 4.90 Å². The second-order valence-electron chi connectivity index (χ2n) is 3.90. The third-order valence-electron chi connectivity index (χ3n) is 2.71. The smallest absolute Gasteiger partial charge is 0.273 e. The molecule has 7 heteroatoms. The zero-order valence-electron chi connectivity index (χ0n) is 9.33. The van der Waals surface area contributed by atoms with Crippen LogP contribution in [0, 0.1) is 6.92 Å². The predicted molar refractivity (Wildman–Crippen MR) is 61.6 cm³/mol. The maximum atomic E-state index is 12.1. The Kier molecular flexibility index (Phi) is 2.40. The number of nitrogens with zero attached hydrogens (tertiary/aromatic N) is 5. The number of rotatable bonds is 1. The first kappa shape index (κ1) is 10.4. The number of carbonyl (C=O) groups is 1. The molecular weight excluding hydrogens is 238 g/mol. The van der Waals surface area contributed by atoms with Crippen LogP contribution in [-0.4, -0.2) is 37.1 Å². The molecule has 0 atom stereocenters. The van der Waals surface area contributed by atoms with Gasteiger partial charge in [-0.25, -0.2) is 14.6 Å². The molecule has 0 unspecified atom stereocenters. The van der Waals surface area contributed by atoms with Gasteiger partial charge in [0.1, 0.15) is 17.3 Å². The second-order valence-corrected chi connectivity index (χ2v) is 4.62. The van der Waals surface area contributed by atoms with Gasteiger partial charge in [-0.15, -0.1) is 11.3 Å². The molecule has 88 valence electrons. The van der Waals surface area contributed by atoms with E-state index in [4.69, 9.17) is 0 Å². The van der Waals surface area contributed by atoms with Crippen molar-refractivity contribution in [1.29, 1.82) is 0 Å². The number of amides is 1. The number of thiazole rings is 1. The molecule has 1 aliphatic heterocycles. The van der Waals surface area contributed by atoms with E-state index >= 15 is 0 Å². The van der Waals surface area contributed by atoms with Crippen molar-refractivity contribution >= 4 is 17.2 Å². The molecule has 1 aliphatic rings. The number of carbonyl (C=O) groups excluding carboxylic acids is 1. The fourth-order valence-corrected chi connectivity index (χ4v) is 2.44. The van der Waals surface area contributed by atoms with Crippen LogP contribution in [0.4, 0.5) is 0 Å². The van der Waals surface area contributed by atoms with E-state index in [9.17, 15) is 4.79 Å². The summed E-state index contributed by atoms with van der Waals surface area (Å²) in [4.78, 5) is 22.2. The normalized spacial score (nSPS) is 14.8. The summed E-state index contributed by atoms with van der Waals surface area (Å²) < 4.78 is 1.86. The van der Waals surface area contributed by atoms with Crippen LogP contribution in [0.3, 0.4) is 0 Å². The summed E-state index contributed by atoms with van der Waals surface area (Å²) in [6, 6.07) is 0. The van der Waals surface area contributed by atoms with Crippen LogP contribution in [-0.2, 0) is 13.1 Å². The number of fused-ring (bicyclic) bond motifs is 1. The average molecular weight is 249 g/mol. The van der Waals surface area contributed by atoms with Crippen molar-refractivity contribution in [2.24, 2.45) is 0 Å². The van der Waals surface area contributed by atoms with Crippen molar-refractivity contribution in [2.75, 3.05) is 6.54 Å². The molecule has 0 aromatic carbocycles. The van der Waals surface area contributed by atoms with Crippen molar-refractivity contribution in [3.05, 3.63) is 28.2 Å². The third-order valence-corrected chi connectivity index (χ3v) is 3.29. The Morgan fingerprint density at radius 1 is 1.47 bits per heavy atom. The lowest BCUT2D eigenvalue weighted by atomic mass is 10.3. The van der Waals surface area contributed by atoms with Crippen LogP contribution in [0.15, 0.2) is 10.9 Å². The van der Waals surface area contributed by atoms with E-state index in [2.05, 4.69) is 15.1 Å². The standard InChI is InChI=1S/C10H11N5OS/c1-7-12-9-4-14(2-3-15(9)13-7)10(16)8-5-17-6-11-8/h5-6H,2-4H2,1H3. The van der Waals surface area contributed by atoms with Gasteiger partial charge in [0, 0.05) is 11.9 Å². The summed E-state index contributed by atoms with van der Waals surface area (Å²) >= 11 is 1.43. The highest BCUT2D eigenvalue weighted by Crippen LogP contribution is 2.13. The summed E-state index contributed by atoms with van der Waals surface area (Å²) in [5.41, 5.74) is 2.18. The highest BCUT2D eigenvalue weighted by molar-refractivity contribution is 7.07. The van der Waals surface area contributed by atoms with Gasteiger partial charge in [-0.2, -0.15) is 5.10 Å². The van der Waals surface area contributed by atoms with Gasteiger partial charge in [-0.1, -0.05) is 0 Å². The Bertz CT molecular complexity index is 547. The van der Waals surface area contributed by atoms with E-state index in [1.165, 1.54) is 11.3 Å². The number of hydrogen-bond acceptors (Lipinski definition) is 5. The number of hydrogen-bond donors (Lipinski definition) is 0. The molecule has 3 rings (SSSR count). The molecule has 0 spiro atoms. The minimum Gasteiger partial charge on any atom is -0.328 e. The average Bonchev–Trinajstić information content (AvgIpc) is 2.94. The summed E-state index contributed by atoms with van der Waals surface area (Å²) in [6.45, 7) is 3.73. The van der Waals surface area contributed by atoms with E-state index in [0.717, 1.165) is 11.6 Å². The largest absolute Gasteiger partial charge is 0.328 e. The Morgan fingerprint density at radius 2 is 2.35 bits per heavy atom. The molecule has 2 aromatic rings. The van der Waals surface area contributed by atoms with Gasteiger partial charge in [-0.3, -0.25) is 4.79 Å². The van der Waals surface area contributed by atoms with Gasteiger partial charge >= 0.3 is 0 Å². The molecule has 6 nitrogen and oxygen atoms in total. The van der Waals surface area contributed by atoms with E-state index in [1.807, 2.05) is 11.6 Å². The Morgan fingerprint density at radius 3 is 3.12 bits per heavy atom. The summed E-state index contributed by atoms with van der Waals surface area (Å²) in [7, 11) is 0. The van der Waals surface area contributed by atoms with Crippen LogP contribution in [0.2, 0.25) is 0 Å². The van der Waals surface area contributed by atoms with E-state index in [-0.39, 0.29) is 5.91 Å². The fraction of sp³-hybridized carbons (Fsp3) is 0.400. The first-order chi connectivity index (χ1) is 8.24. The monoisotopic (exact) mass is 249 g/mol. The molecule has 3 heterocycles. The van der Waals surface area contributed by atoms with Crippen LogP contribution in [0.5, 0.6) is 0 Å². The van der Waals surface area contributed by atoms with Gasteiger partial charge in [-0.05, 0) is 6.92 Å². The molecule has 0 fully saturated rings. The highest BCUT2D eigenvalue weighted by atomic mass is 32.1. The van der Waals surface area contributed by atoms with Crippen molar-refractivity contribution in [1.82, 2.24) is 24.6 Å². The Labute approximate surface area is 102 Å². The van der Waals surface area contributed by atoms with Crippen LogP contribution < -0.4 is 0 Å². The van der Waals surface area contributed by atoms with Gasteiger partial charge in [0.2, 0.25) is 0 Å². The zero-order chi connectivity index (χ0) is 11.8. The zero-order valence-corrected chi connectivity index (χ0v) is 10.1. The summed E-state index contributed by atoms with van der Waals surface area (Å²) in [5.74, 6) is 1.57. The molecule has 17 heavy (non-hydrogen) atoms. The summed E-state index contributed by atoms with van der Waals surface area (Å²) in [6.07, 6.45) is 0. The topological polar surface area (TPSA) is 63.9 Å². The third kappa shape index (κ3) is 1.82. The number of aryl methyl sites for hydroxylation is 1. The van der Waals surface area contributed by atoms with Crippen molar-refractivity contribution in [3.63, 3.8) is 0 Å². The van der Waals surface area contributed by atoms with E-state index in [1.54, 1.807) is 15.8 Å². The Hall–Kier alpha value is -1.76. The minimum atomic E-state index is -0.0295. The predicted octanol–water partition coefficient (Wildman–Crippen LogP) is 0.699. The molecule has 0 aliphatic carbocycles. The maximum Gasteiger partial charge on any atom is 0.273 e. The quantitative estimate of drug-likeness (QED) is 0.746. The lowest BCUT2D eigenvalue weighted by molar-refractivity contribution is 0.0697. The second kappa shape index (κ2) is 3.92. The molecule has 0 N–H and O–H groups in total. The van der Waals surface area contributed by atoms with Crippen LogP contribution >= 0.6 is 11.3 Å². The van der Waals surface area contributed by atoms with Crippen molar-refractivity contribution in [3.8, 4) is 0 Å². The van der Waals surface area contributed by atoms with E-state index < -0.39 is 0 Å². The van der Waals surface area contributed by atoms with E-state index in [0.29, 0.717) is 25.3 Å². The minimum absolute atomic E-state index is 0.0295. The lowest BCUT2D eigenvalue weighted by Gasteiger charge is -2.25. The van der Waals surface area contributed by atoms with Crippen LogP contribution in [0.25, 0.3) is 0 Å². The highest BCUT2D eigenvalue weighted by Gasteiger charge is 2.24. The van der Waals surface area contributed by atoms with Crippen molar-refractivity contribution < 1.29 is 4.79 Å². The molecule has 2 aromatic heterocycles. The Balaban J connectivity index is 1.82. The van der Waals surface area contributed by atoms with Gasteiger partial charge in [0.05, 0.1) is 18.6 Å². The molecule has 0 saturated carbocycles. The van der Waals surface area contributed by atoms with Crippen LogP contribution in [0.1, 0.15) is 22.1 Å². The van der Waals surface area contributed by atoms with Crippen molar-refractivity contribution in [2.45, 2.75) is 20.0 Å². The first-order valence-corrected chi connectivity index (χ1v) is 6.26. The van der Waals surface area contributed by atoms with Gasteiger partial charge in [0.25, 0.3) is 5.91 Å². The molecule has 0 bridgehead atoms. The molecule has 0 saturated heterocycles. The molecule has 0 radical (unpaired) electrons. The first-order valence-electron chi connectivity index (χ1n) is 5.32. The molecule has 1 amide bonds. The number of aromatic nitrogens is 4. The fourth-order valence-electron chi connectivity index (χ4n) is 1.91. The maximum absolute atomic E-state index is 12.1.